The van der Waals surface area contributed by atoms with Crippen molar-refractivity contribution in [1.29, 1.82) is 0 Å². The van der Waals surface area contributed by atoms with E-state index in [-0.39, 0.29) is 28.5 Å². The van der Waals surface area contributed by atoms with E-state index in [0.29, 0.717) is 5.56 Å². The molecule has 0 spiro atoms. The van der Waals surface area contributed by atoms with Crippen LogP contribution in [0.5, 0.6) is 0 Å². The normalized spacial score (nSPS) is 24.4. The van der Waals surface area contributed by atoms with Gasteiger partial charge in [-0.2, -0.15) is 4.98 Å². The Morgan fingerprint density at radius 3 is 2.86 bits per heavy atom. The van der Waals surface area contributed by atoms with Gasteiger partial charge in [-0.15, -0.1) is 11.3 Å². The van der Waals surface area contributed by atoms with E-state index in [1.54, 1.807) is 11.4 Å². The van der Waals surface area contributed by atoms with Gasteiger partial charge in [-0.05, 0) is 17.0 Å². The van der Waals surface area contributed by atoms with Gasteiger partial charge in [0.2, 0.25) is 5.95 Å². The average molecular weight is 425 g/mol. The largest absolute Gasteiger partial charge is 0.477 e. The zero-order chi connectivity index (χ0) is 20.9. The fourth-order valence-electron chi connectivity index (χ4n) is 3.34. The Morgan fingerprint density at radius 1 is 1.45 bits per heavy atom. The van der Waals surface area contributed by atoms with Crippen molar-refractivity contribution in [3.63, 3.8) is 0 Å². The Bertz CT molecular complexity index is 1140. The van der Waals surface area contributed by atoms with Gasteiger partial charge in [0.25, 0.3) is 0 Å². The first-order valence-corrected chi connectivity index (χ1v) is 9.32. The van der Waals surface area contributed by atoms with Crippen molar-refractivity contribution in [2.45, 2.75) is 31.2 Å². The molecule has 1 saturated heterocycles. The highest BCUT2D eigenvalue weighted by atomic mass is 32.1. The second-order valence-electron chi connectivity index (χ2n) is 6.44. The van der Waals surface area contributed by atoms with Crippen LogP contribution in [0.4, 0.5) is 10.3 Å². The van der Waals surface area contributed by atoms with Gasteiger partial charge in [0.15, 0.2) is 18.0 Å². The maximum Gasteiger partial charge on any atom is 0.346 e. The standard InChI is InChI=1S/C16H16FN5O6S/c17-9-8(5-23)28-13(10(9)24)22-12-7(3-19-15(18)20-12)21(16(22)27)4-6-1-2-29-11(6)14(25)26/h1-3,8-10,13,23-24H,4-5H2,(H,25,26)(H2,18,19,20)/t8-,9-,10-,13-/m1/s1. The molecule has 0 aromatic carbocycles. The number of halogens is 1. The summed E-state index contributed by atoms with van der Waals surface area (Å²) in [6.07, 6.45) is -5.12. The van der Waals surface area contributed by atoms with Crippen LogP contribution in [0.25, 0.3) is 11.2 Å². The minimum atomic E-state index is -1.91. The Balaban J connectivity index is 1.87. The highest BCUT2D eigenvalue weighted by Gasteiger charge is 2.46. The molecule has 4 rings (SSSR count). The van der Waals surface area contributed by atoms with Crippen LogP contribution in [-0.4, -0.2) is 65.4 Å². The average Bonchev–Trinajstić information content (AvgIpc) is 3.33. The lowest BCUT2D eigenvalue weighted by molar-refractivity contribution is -0.0513. The molecule has 4 heterocycles. The molecule has 3 aromatic heterocycles. The highest BCUT2D eigenvalue weighted by Crippen LogP contribution is 2.32. The van der Waals surface area contributed by atoms with Gasteiger partial charge in [0.05, 0.1) is 19.3 Å². The Kier molecular flexibility index (Phi) is 4.82. The smallest absolute Gasteiger partial charge is 0.346 e. The summed E-state index contributed by atoms with van der Waals surface area (Å²) >= 11 is 1.01. The third-order valence-corrected chi connectivity index (χ3v) is 5.66. The summed E-state index contributed by atoms with van der Waals surface area (Å²) in [6, 6.07) is 1.57. The molecule has 0 saturated carbocycles. The fourth-order valence-corrected chi connectivity index (χ4v) is 4.09. The number of carboxylic acid groups (broad SMARTS) is 1. The Morgan fingerprint density at radius 2 is 2.21 bits per heavy atom. The summed E-state index contributed by atoms with van der Waals surface area (Å²) in [5, 5.41) is 30.3. The molecule has 0 bridgehead atoms. The molecule has 4 atom stereocenters. The van der Waals surface area contributed by atoms with E-state index >= 15 is 0 Å². The maximum absolute atomic E-state index is 14.2. The number of alkyl halides is 1. The van der Waals surface area contributed by atoms with Crippen molar-refractivity contribution in [3.05, 3.63) is 38.6 Å². The number of nitrogen functional groups attached to an aromatic ring is 1. The number of fused-ring (bicyclic) bond motifs is 1. The lowest BCUT2D eigenvalue weighted by Crippen LogP contribution is -2.34. The van der Waals surface area contributed by atoms with Crippen LogP contribution in [0.15, 0.2) is 22.4 Å². The molecule has 0 unspecified atom stereocenters. The molecule has 3 aromatic rings. The van der Waals surface area contributed by atoms with E-state index in [2.05, 4.69) is 9.97 Å². The van der Waals surface area contributed by atoms with E-state index in [0.717, 1.165) is 15.9 Å². The van der Waals surface area contributed by atoms with Crippen molar-refractivity contribution in [2.75, 3.05) is 12.3 Å². The van der Waals surface area contributed by atoms with Crippen molar-refractivity contribution < 1.29 is 29.2 Å². The van der Waals surface area contributed by atoms with Gasteiger partial charge in [0.1, 0.15) is 22.6 Å². The van der Waals surface area contributed by atoms with Crippen LogP contribution < -0.4 is 11.4 Å². The van der Waals surface area contributed by atoms with Crippen LogP contribution in [0, 0.1) is 0 Å². The van der Waals surface area contributed by atoms with Crippen molar-refractivity contribution in [2.24, 2.45) is 0 Å². The van der Waals surface area contributed by atoms with Crippen molar-refractivity contribution in [1.82, 2.24) is 19.1 Å². The number of carbonyl (C=O) groups is 1. The number of anilines is 1. The van der Waals surface area contributed by atoms with Gasteiger partial charge in [-0.25, -0.2) is 23.5 Å². The number of carboxylic acids is 1. The Labute approximate surface area is 165 Å². The second-order valence-corrected chi connectivity index (χ2v) is 7.35. The third-order valence-electron chi connectivity index (χ3n) is 4.72. The first-order chi connectivity index (χ1) is 13.8. The highest BCUT2D eigenvalue weighted by molar-refractivity contribution is 7.12. The van der Waals surface area contributed by atoms with E-state index in [1.165, 1.54) is 10.8 Å². The van der Waals surface area contributed by atoms with Gasteiger partial charge in [-0.1, -0.05) is 0 Å². The fraction of sp³-hybridized carbons (Fsp3) is 0.375. The van der Waals surface area contributed by atoms with Crippen molar-refractivity contribution in [3.8, 4) is 0 Å². The molecule has 11 nitrogen and oxygen atoms in total. The number of rotatable bonds is 5. The summed E-state index contributed by atoms with van der Waals surface area (Å²) in [6.45, 7) is -0.803. The number of hydrogen-bond acceptors (Lipinski definition) is 9. The minimum Gasteiger partial charge on any atom is -0.477 e. The third kappa shape index (κ3) is 3.07. The molecule has 1 aliphatic rings. The predicted molar refractivity (Wildman–Crippen MR) is 98.5 cm³/mol. The number of nitrogens with two attached hydrogens (primary N) is 1. The van der Waals surface area contributed by atoms with Crippen LogP contribution in [0.3, 0.4) is 0 Å². The van der Waals surface area contributed by atoms with Gasteiger partial charge < -0.3 is 25.8 Å². The Hall–Kier alpha value is -2.87. The molecule has 0 radical (unpaired) electrons. The second kappa shape index (κ2) is 7.18. The molecule has 5 N–H and O–H groups in total. The number of ether oxygens (including phenoxy) is 1. The summed E-state index contributed by atoms with van der Waals surface area (Å²) in [7, 11) is 0. The number of imidazole rings is 1. The molecular formula is C16H16FN5O6S. The number of aromatic nitrogens is 4. The zero-order valence-electron chi connectivity index (χ0n) is 14.7. The predicted octanol–water partition coefficient (Wildman–Crippen LogP) is -0.428. The summed E-state index contributed by atoms with van der Waals surface area (Å²) in [5.74, 6) is -1.29. The number of aliphatic hydroxyl groups is 2. The monoisotopic (exact) mass is 425 g/mol. The number of thiophene rings is 1. The van der Waals surface area contributed by atoms with Crippen LogP contribution >= 0.6 is 11.3 Å². The number of hydrogen-bond donors (Lipinski definition) is 4. The summed E-state index contributed by atoms with van der Waals surface area (Å²) < 4.78 is 21.7. The van der Waals surface area contributed by atoms with Gasteiger partial charge in [0, 0.05) is 0 Å². The minimum absolute atomic E-state index is 0.00977. The first kappa shape index (κ1) is 19.4. The lowest BCUT2D eigenvalue weighted by atomic mass is 10.1. The van der Waals surface area contributed by atoms with Gasteiger partial charge >= 0.3 is 11.7 Å². The topological polar surface area (TPSA) is 166 Å². The van der Waals surface area contributed by atoms with E-state index < -0.39 is 42.9 Å². The molecule has 154 valence electrons. The van der Waals surface area contributed by atoms with Crippen LogP contribution in [0.1, 0.15) is 21.5 Å². The molecule has 1 fully saturated rings. The lowest BCUT2D eigenvalue weighted by Gasteiger charge is -2.15. The number of aliphatic hydroxyl groups excluding tert-OH is 2. The number of aromatic carboxylic acids is 1. The zero-order valence-corrected chi connectivity index (χ0v) is 15.5. The van der Waals surface area contributed by atoms with Crippen LogP contribution in [-0.2, 0) is 11.3 Å². The van der Waals surface area contributed by atoms with E-state index in [1.807, 2.05) is 0 Å². The number of nitrogens with zero attached hydrogens (tertiary/aromatic N) is 4. The molecule has 0 aliphatic carbocycles. The van der Waals surface area contributed by atoms with Crippen LogP contribution in [0.2, 0.25) is 0 Å². The SMILES string of the molecule is Nc1ncc2c(n1)n([C@@H]1O[C@H](CO)[C@@H](F)[C@H]1O)c(=O)n2Cc1ccsc1C(=O)O. The summed E-state index contributed by atoms with van der Waals surface area (Å²) in [5.41, 5.74) is 5.47. The molecule has 1 aliphatic heterocycles. The molecule has 13 heteroatoms. The molecular weight excluding hydrogens is 409 g/mol. The van der Waals surface area contributed by atoms with E-state index in [4.69, 9.17) is 10.5 Å². The first-order valence-electron chi connectivity index (χ1n) is 8.44. The van der Waals surface area contributed by atoms with E-state index in [9.17, 15) is 29.3 Å². The van der Waals surface area contributed by atoms with Gasteiger partial charge in [-0.3, -0.25) is 4.57 Å². The van der Waals surface area contributed by atoms with Crippen molar-refractivity contribution >= 4 is 34.4 Å². The maximum atomic E-state index is 14.2. The molecule has 29 heavy (non-hydrogen) atoms. The summed E-state index contributed by atoms with van der Waals surface area (Å²) in [4.78, 5) is 32.5. The molecule has 0 amide bonds. The quantitative estimate of drug-likeness (QED) is 0.424.